The van der Waals surface area contributed by atoms with Crippen molar-refractivity contribution in [3.05, 3.63) is 47.1 Å². The van der Waals surface area contributed by atoms with Crippen LogP contribution >= 0.6 is 11.3 Å². The van der Waals surface area contributed by atoms with E-state index >= 15 is 0 Å². The molecular formula is C20H24N6O2S. The van der Waals surface area contributed by atoms with Crippen molar-refractivity contribution in [1.82, 2.24) is 24.9 Å². The molecule has 0 aliphatic carbocycles. The number of carbonyl (C=O) groups is 2. The molecule has 0 radical (unpaired) electrons. The molecule has 29 heavy (non-hydrogen) atoms. The van der Waals surface area contributed by atoms with Gasteiger partial charge in [-0.3, -0.25) is 14.9 Å². The molecule has 0 bridgehead atoms. The minimum absolute atomic E-state index is 0.0270. The molecule has 152 valence electrons. The van der Waals surface area contributed by atoms with E-state index < -0.39 is 5.91 Å². The number of aromatic nitrogens is 4. The van der Waals surface area contributed by atoms with E-state index in [0.717, 1.165) is 11.3 Å². The third kappa shape index (κ3) is 5.05. The highest BCUT2D eigenvalue weighted by Gasteiger charge is 2.16. The van der Waals surface area contributed by atoms with Crippen molar-refractivity contribution in [3.63, 3.8) is 0 Å². The average Bonchev–Trinajstić information content (AvgIpc) is 3.30. The minimum Gasteiger partial charge on any atom is -0.347 e. The normalized spacial score (nSPS) is 11.3. The summed E-state index contributed by atoms with van der Waals surface area (Å²) >= 11 is 1.34. The van der Waals surface area contributed by atoms with E-state index in [1.165, 1.54) is 32.7 Å². The van der Waals surface area contributed by atoms with Crippen LogP contribution in [0.25, 0.3) is 11.3 Å². The predicted molar refractivity (Wildman–Crippen MR) is 113 cm³/mol. The first-order valence-electron chi connectivity index (χ1n) is 9.11. The second-order valence-electron chi connectivity index (χ2n) is 7.91. The lowest BCUT2D eigenvalue weighted by molar-refractivity contribution is -0.129. The maximum Gasteiger partial charge on any atom is 0.279 e. The van der Waals surface area contributed by atoms with Gasteiger partial charge in [0.05, 0.1) is 11.9 Å². The van der Waals surface area contributed by atoms with Crippen LogP contribution in [0.15, 0.2) is 35.8 Å². The summed E-state index contributed by atoms with van der Waals surface area (Å²) in [6, 6.07) is 8.27. The molecule has 0 atom stereocenters. The van der Waals surface area contributed by atoms with Crippen molar-refractivity contribution in [2.45, 2.75) is 32.7 Å². The summed E-state index contributed by atoms with van der Waals surface area (Å²) in [5.41, 5.74) is 3.26. The van der Waals surface area contributed by atoms with Gasteiger partial charge in [-0.05, 0) is 11.0 Å². The van der Waals surface area contributed by atoms with E-state index in [1.54, 1.807) is 14.1 Å². The van der Waals surface area contributed by atoms with Crippen molar-refractivity contribution >= 4 is 28.3 Å². The molecule has 0 spiro atoms. The van der Waals surface area contributed by atoms with Gasteiger partial charge >= 0.3 is 0 Å². The predicted octanol–water partition coefficient (Wildman–Crippen LogP) is 3.04. The quantitative estimate of drug-likeness (QED) is 0.695. The summed E-state index contributed by atoms with van der Waals surface area (Å²) in [5, 5.41) is 12.8. The van der Waals surface area contributed by atoms with Crippen molar-refractivity contribution in [2.24, 2.45) is 0 Å². The van der Waals surface area contributed by atoms with Gasteiger partial charge in [0.15, 0.2) is 10.8 Å². The number of anilines is 1. The SMILES string of the molecule is CN(C)C(=O)Cn1cc(C(=O)Nc2nc(-c3ccc(C(C)(C)C)cc3)cs2)nn1. The number of benzene rings is 1. The summed E-state index contributed by atoms with van der Waals surface area (Å²) in [6.45, 7) is 6.54. The third-order valence-corrected chi connectivity index (χ3v) is 5.10. The topological polar surface area (TPSA) is 93.0 Å². The minimum atomic E-state index is -0.419. The van der Waals surface area contributed by atoms with Crippen LogP contribution in [0.4, 0.5) is 5.13 Å². The van der Waals surface area contributed by atoms with E-state index in [-0.39, 0.29) is 23.6 Å². The summed E-state index contributed by atoms with van der Waals surface area (Å²) in [4.78, 5) is 30.1. The lowest BCUT2D eigenvalue weighted by Crippen LogP contribution is -2.26. The van der Waals surface area contributed by atoms with E-state index in [2.05, 4.69) is 53.5 Å². The van der Waals surface area contributed by atoms with E-state index in [9.17, 15) is 9.59 Å². The monoisotopic (exact) mass is 412 g/mol. The molecule has 2 heterocycles. The Labute approximate surface area is 173 Å². The van der Waals surface area contributed by atoms with E-state index in [1.807, 2.05) is 17.5 Å². The largest absolute Gasteiger partial charge is 0.347 e. The molecule has 0 unspecified atom stereocenters. The number of amides is 2. The van der Waals surface area contributed by atoms with Gasteiger partial charge < -0.3 is 4.90 Å². The summed E-state index contributed by atoms with van der Waals surface area (Å²) in [7, 11) is 3.31. The average molecular weight is 413 g/mol. The number of likely N-dealkylation sites (N-methyl/N-ethyl adjacent to an activating group) is 1. The first-order chi connectivity index (χ1) is 13.6. The van der Waals surface area contributed by atoms with Crippen LogP contribution in [0, 0.1) is 0 Å². The van der Waals surface area contributed by atoms with Gasteiger partial charge in [-0.15, -0.1) is 16.4 Å². The van der Waals surface area contributed by atoms with Crippen molar-refractivity contribution in [2.75, 3.05) is 19.4 Å². The third-order valence-electron chi connectivity index (χ3n) is 4.34. The summed E-state index contributed by atoms with van der Waals surface area (Å²) in [5.74, 6) is -0.554. The lowest BCUT2D eigenvalue weighted by Gasteiger charge is -2.18. The Morgan fingerprint density at radius 3 is 2.48 bits per heavy atom. The van der Waals surface area contributed by atoms with Gasteiger partial charge in [-0.1, -0.05) is 50.3 Å². The van der Waals surface area contributed by atoms with Crippen molar-refractivity contribution in [3.8, 4) is 11.3 Å². The molecule has 3 aromatic rings. The smallest absolute Gasteiger partial charge is 0.279 e. The fourth-order valence-electron chi connectivity index (χ4n) is 2.53. The number of hydrogen-bond acceptors (Lipinski definition) is 6. The van der Waals surface area contributed by atoms with Crippen LogP contribution in [-0.4, -0.2) is 50.8 Å². The van der Waals surface area contributed by atoms with Gasteiger partial charge in [-0.2, -0.15) is 0 Å². The zero-order valence-electron chi connectivity index (χ0n) is 17.1. The molecule has 3 rings (SSSR count). The van der Waals surface area contributed by atoms with Gasteiger partial charge in [0.1, 0.15) is 6.54 Å². The number of hydrogen-bond donors (Lipinski definition) is 1. The van der Waals surface area contributed by atoms with Crippen molar-refractivity contribution < 1.29 is 9.59 Å². The Kier molecular flexibility index (Phi) is 5.78. The molecular weight excluding hydrogens is 388 g/mol. The Hall–Kier alpha value is -3.07. The molecule has 8 nitrogen and oxygen atoms in total. The van der Waals surface area contributed by atoms with Crippen LogP contribution < -0.4 is 5.32 Å². The van der Waals surface area contributed by atoms with E-state index in [4.69, 9.17) is 0 Å². The highest BCUT2D eigenvalue weighted by Crippen LogP contribution is 2.28. The van der Waals surface area contributed by atoms with Gasteiger partial charge in [0.2, 0.25) is 5.91 Å². The van der Waals surface area contributed by atoms with Crippen LogP contribution in [-0.2, 0) is 16.8 Å². The summed E-state index contributed by atoms with van der Waals surface area (Å²) in [6.07, 6.45) is 1.44. The number of nitrogens with one attached hydrogen (secondary N) is 1. The molecule has 2 amide bonds. The molecule has 1 N–H and O–H groups in total. The molecule has 1 aromatic carbocycles. The molecule has 0 saturated carbocycles. The maximum absolute atomic E-state index is 12.4. The fraction of sp³-hybridized carbons (Fsp3) is 0.350. The lowest BCUT2D eigenvalue weighted by atomic mass is 9.86. The highest BCUT2D eigenvalue weighted by molar-refractivity contribution is 7.14. The Morgan fingerprint density at radius 1 is 1.17 bits per heavy atom. The fourth-order valence-corrected chi connectivity index (χ4v) is 3.24. The van der Waals surface area contributed by atoms with E-state index in [0.29, 0.717) is 5.13 Å². The highest BCUT2D eigenvalue weighted by atomic mass is 32.1. The van der Waals surface area contributed by atoms with Crippen LogP contribution in [0.3, 0.4) is 0 Å². The number of thiazole rings is 1. The van der Waals surface area contributed by atoms with Gasteiger partial charge in [0.25, 0.3) is 5.91 Å². The maximum atomic E-state index is 12.4. The van der Waals surface area contributed by atoms with Crippen LogP contribution in [0.1, 0.15) is 36.8 Å². The molecule has 0 aliphatic rings. The molecule has 9 heteroatoms. The molecule has 0 saturated heterocycles. The first-order valence-corrected chi connectivity index (χ1v) is 9.99. The number of nitrogens with zero attached hydrogens (tertiary/aromatic N) is 5. The number of rotatable bonds is 5. The molecule has 0 aliphatic heterocycles. The summed E-state index contributed by atoms with van der Waals surface area (Å²) < 4.78 is 1.33. The Morgan fingerprint density at radius 2 is 1.86 bits per heavy atom. The first kappa shape index (κ1) is 20.7. The van der Waals surface area contributed by atoms with Crippen LogP contribution in [0.2, 0.25) is 0 Å². The second-order valence-corrected chi connectivity index (χ2v) is 8.77. The number of carbonyl (C=O) groups excluding carboxylic acids is 2. The van der Waals surface area contributed by atoms with Gasteiger partial charge in [-0.25, -0.2) is 9.67 Å². The van der Waals surface area contributed by atoms with Crippen molar-refractivity contribution in [1.29, 1.82) is 0 Å². The standard InChI is InChI=1S/C20H24N6O2S/c1-20(2,3)14-8-6-13(7-9-14)16-12-29-19(21-16)22-18(28)15-10-26(24-23-15)11-17(27)25(4)5/h6-10,12H,11H2,1-5H3,(H,21,22,28). The Balaban J connectivity index is 1.66. The molecule has 2 aromatic heterocycles. The second kappa shape index (κ2) is 8.12. The zero-order chi connectivity index (χ0) is 21.2. The van der Waals surface area contributed by atoms with Gasteiger partial charge in [0, 0.05) is 25.0 Å². The van der Waals surface area contributed by atoms with Crippen LogP contribution in [0.5, 0.6) is 0 Å². The molecule has 0 fully saturated rings. The Bertz CT molecular complexity index is 1010. The zero-order valence-corrected chi connectivity index (χ0v) is 17.9.